The molecular weight excluding hydrogens is 471 g/mol. The van der Waals surface area contributed by atoms with Gasteiger partial charge in [-0.3, -0.25) is 4.79 Å². The number of nitrogens with one attached hydrogen (secondary N) is 3. The quantitative estimate of drug-likeness (QED) is 0.443. The topological polar surface area (TPSA) is 117 Å². The zero-order chi connectivity index (χ0) is 24.2. The van der Waals surface area contributed by atoms with Crippen LogP contribution in [0.4, 0.5) is 30.4 Å². The van der Waals surface area contributed by atoms with Crippen molar-refractivity contribution in [3.8, 4) is 0 Å². The first-order valence-electron chi connectivity index (χ1n) is 10.8. The lowest BCUT2D eigenvalue weighted by Crippen LogP contribution is -2.16. The van der Waals surface area contributed by atoms with Gasteiger partial charge in [0.2, 0.25) is 5.91 Å². The average molecular weight is 494 g/mol. The van der Waals surface area contributed by atoms with Gasteiger partial charge in [-0.1, -0.05) is 12.5 Å². The number of aromatic nitrogens is 3. The highest BCUT2D eigenvalue weighted by atomic mass is 32.2. The third-order valence-corrected chi connectivity index (χ3v) is 7.37. The second-order valence-corrected chi connectivity index (χ2v) is 10.8. The number of hydrogen-bond acceptors (Lipinski definition) is 6. The summed E-state index contributed by atoms with van der Waals surface area (Å²) in [4.78, 5) is 22.7. The maximum Gasteiger partial charge on any atom is 0.295 e. The number of pyridine rings is 1. The van der Waals surface area contributed by atoms with Crippen molar-refractivity contribution in [1.82, 2.24) is 15.0 Å². The van der Waals surface area contributed by atoms with E-state index in [0.29, 0.717) is 5.92 Å². The summed E-state index contributed by atoms with van der Waals surface area (Å²) in [6.07, 6.45) is 0.181. The number of fused-ring (bicyclic) bond motifs is 1. The highest BCUT2D eigenvalue weighted by molar-refractivity contribution is 7.90. The van der Waals surface area contributed by atoms with Crippen LogP contribution < -0.4 is 10.6 Å². The largest absolute Gasteiger partial charge is 0.352 e. The van der Waals surface area contributed by atoms with Crippen LogP contribution in [0.1, 0.15) is 49.4 Å². The molecule has 1 amide bonds. The number of alkyl halides is 3. The Morgan fingerprint density at radius 3 is 2.50 bits per heavy atom. The monoisotopic (exact) mass is 493 g/mol. The number of halogens is 3. The predicted molar refractivity (Wildman–Crippen MR) is 120 cm³/mol. The molecule has 0 aliphatic heterocycles. The zero-order valence-corrected chi connectivity index (χ0v) is 18.9. The van der Waals surface area contributed by atoms with Gasteiger partial charge in [0.1, 0.15) is 17.5 Å². The van der Waals surface area contributed by atoms with Crippen molar-refractivity contribution < 1.29 is 26.4 Å². The predicted octanol–water partition coefficient (Wildman–Crippen LogP) is 4.61. The van der Waals surface area contributed by atoms with Crippen LogP contribution in [-0.4, -0.2) is 41.7 Å². The molecule has 0 bridgehead atoms. The van der Waals surface area contributed by atoms with Gasteiger partial charge in [0.05, 0.1) is 22.2 Å². The molecule has 2 aliphatic rings. The Morgan fingerprint density at radius 1 is 1.18 bits per heavy atom. The molecule has 2 aliphatic carbocycles. The number of imidazole rings is 1. The van der Waals surface area contributed by atoms with Gasteiger partial charge in [0.25, 0.3) is 6.43 Å². The van der Waals surface area contributed by atoms with Crippen molar-refractivity contribution in [3.63, 3.8) is 0 Å². The van der Waals surface area contributed by atoms with Crippen LogP contribution in [0.25, 0.3) is 11.2 Å². The standard InChI is InChI=1S/C22H22F3N5O3S/c1-34(32,33)16-7-11(10-3-2-4-10)5-6-14(16)26-15-9-17(28-22(31)12-8-13(12)23)27-20-18(15)29-21(30-20)19(24)25/h5-7,9-10,12-13,19H,2-4,8H2,1H3,(H3,26,27,28,29,30,31)/t12-,13+/m0/s1. The minimum absolute atomic E-state index is 0.00411. The summed E-state index contributed by atoms with van der Waals surface area (Å²) >= 11 is 0. The molecule has 2 saturated carbocycles. The molecule has 0 unspecified atom stereocenters. The lowest BCUT2D eigenvalue weighted by atomic mass is 9.80. The van der Waals surface area contributed by atoms with E-state index in [1.54, 1.807) is 12.1 Å². The van der Waals surface area contributed by atoms with E-state index in [1.807, 2.05) is 6.07 Å². The average Bonchev–Trinajstić information content (AvgIpc) is 3.28. The number of aromatic amines is 1. The molecule has 2 heterocycles. The van der Waals surface area contributed by atoms with Crippen molar-refractivity contribution in [3.05, 3.63) is 35.7 Å². The third-order valence-electron chi connectivity index (χ3n) is 6.23. The Morgan fingerprint density at radius 2 is 1.91 bits per heavy atom. The molecule has 5 rings (SSSR count). The molecule has 2 atom stereocenters. The summed E-state index contributed by atoms with van der Waals surface area (Å²) < 4.78 is 64.9. The van der Waals surface area contributed by atoms with Crippen LogP contribution in [0.5, 0.6) is 0 Å². The number of benzene rings is 1. The maximum absolute atomic E-state index is 13.3. The Balaban J connectivity index is 1.56. The first-order chi connectivity index (χ1) is 16.1. The normalized spacial score (nSPS) is 20.4. The highest BCUT2D eigenvalue weighted by Crippen LogP contribution is 2.40. The Bertz CT molecular complexity index is 1390. The van der Waals surface area contributed by atoms with E-state index in [-0.39, 0.29) is 39.7 Å². The fourth-order valence-corrected chi connectivity index (χ4v) is 4.88. The molecule has 180 valence electrons. The summed E-state index contributed by atoms with van der Waals surface area (Å²) in [5.41, 5.74) is 1.34. The van der Waals surface area contributed by atoms with Crippen LogP contribution in [0.3, 0.4) is 0 Å². The molecule has 8 nitrogen and oxygen atoms in total. The van der Waals surface area contributed by atoms with E-state index in [1.165, 1.54) is 6.07 Å². The van der Waals surface area contributed by atoms with Gasteiger partial charge in [-0.15, -0.1) is 0 Å². The number of hydrogen-bond donors (Lipinski definition) is 3. The van der Waals surface area contributed by atoms with Crippen molar-refractivity contribution in [1.29, 1.82) is 0 Å². The molecule has 0 saturated heterocycles. The molecule has 3 aromatic rings. The zero-order valence-electron chi connectivity index (χ0n) is 18.1. The van der Waals surface area contributed by atoms with Crippen LogP contribution in [0.15, 0.2) is 29.2 Å². The van der Waals surface area contributed by atoms with Crippen molar-refractivity contribution >= 4 is 44.1 Å². The van der Waals surface area contributed by atoms with Gasteiger partial charge in [0, 0.05) is 12.3 Å². The van der Waals surface area contributed by atoms with Gasteiger partial charge in [-0.25, -0.2) is 31.6 Å². The first kappa shape index (κ1) is 22.6. The van der Waals surface area contributed by atoms with Crippen LogP contribution in [0, 0.1) is 5.92 Å². The van der Waals surface area contributed by atoms with E-state index in [0.717, 1.165) is 31.1 Å². The molecule has 1 aromatic carbocycles. The highest BCUT2D eigenvalue weighted by Gasteiger charge is 2.43. The molecule has 2 fully saturated rings. The number of amides is 1. The Hall–Kier alpha value is -3.15. The molecule has 2 aromatic heterocycles. The van der Waals surface area contributed by atoms with Crippen LogP contribution >= 0.6 is 0 Å². The minimum Gasteiger partial charge on any atom is -0.352 e. The lowest BCUT2D eigenvalue weighted by Gasteiger charge is -2.26. The van der Waals surface area contributed by atoms with Crippen LogP contribution in [-0.2, 0) is 14.6 Å². The molecule has 0 radical (unpaired) electrons. The fourth-order valence-electron chi connectivity index (χ4n) is 4.01. The smallest absolute Gasteiger partial charge is 0.295 e. The second-order valence-electron chi connectivity index (χ2n) is 8.80. The maximum atomic E-state index is 13.3. The summed E-state index contributed by atoms with van der Waals surface area (Å²) in [6, 6.07) is 6.46. The first-order valence-corrected chi connectivity index (χ1v) is 12.7. The van der Waals surface area contributed by atoms with Crippen LogP contribution in [0.2, 0.25) is 0 Å². The summed E-state index contributed by atoms with van der Waals surface area (Å²) in [5.74, 6) is -1.66. The minimum atomic E-state index is -3.63. The Labute approximate surface area is 193 Å². The number of carbonyl (C=O) groups excluding carboxylic acids is 1. The van der Waals surface area contributed by atoms with Crippen molar-refractivity contribution in [2.45, 2.75) is 49.1 Å². The SMILES string of the molecule is CS(=O)(=O)c1cc(C2CCC2)ccc1Nc1cc(NC(=O)[C@H]2C[C@H]2F)nc2[nH]c(C(F)F)nc12. The number of nitrogens with zero attached hydrogens (tertiary/aromatic N) is 2. The lowest BCUT2D eigenvalue weighted by molar-refractivity contribution is -0.117. The number of sulfone groups is 1. The number of H-pyrrole nitrogens is 1. The van der Waals surface area contributed by atoms with Gasteiger partial charge in [0.15, 0.2) is 21.3 Å². The molecule has 0 spiro atoms. The number of rotatable bonds is 7. The van der Waals surface area contributed by atoms with E-state index in [4.69, 9.17) is 0 Å². The van der Waals surface area contributed by atoms with Gasteiger partial charge in [-0.2, -0.15) is 0 Å². The molecular formula is C22H22F3N5O3S. The van der Waals surface area contributed by atoms with Gasteiger partial charge >= 0.3 is 0 Å². The van der Waals surface area contributed by atoms with Gasteiger partial charge in [-0.05, 0) is 42.9 Å². The summed E-state index contributed by atoms with van der Waals surface area (Å²) in [6.45, 7) is 0. The fraction of sp³-hybridized carbons (Fsp3) is 0.409. The number of carbonyl (C=O) groups is 1. The van der Waals surface area contributed by atoms with E-state index >= 15 is 0 Å². The second kappa shape index (κ2) is 8.26. The third kappa shape index (κ3) is 4.33. The molecule has 3 N–H and O–H groups in total. The molecule has 12 heteroatoms. The van der Waals surface area contributed by atoms with E-state index in [9.17, 15) is 26.4 Å². The van der Waals surface area contributed by atoms with Crippen molar-refractivity contribution in [2.24, 2.45) is 5.92 Å². The number of anilines is 3. The summed E-state index contributed by atoms with van der Waals surface area (Å²) in [5, 5.41) is 5.46. The van der Waals surface area contributed by atoms with Gasteiger partial charge < -0.3 is 15.6 Å². The van der Waals surface area contributed by atoms with E-state index in [2.05, 4.69) is 25.6 Å². The van der Waals surface area contributed by atoms with Crippen molar-refractivity contribution in [2.75, 3.05) is 16.9 Å². The van der Waals surface area contributed by atoms with E-state index < -0.39 is 40.1 Å². The Kier molecular flexibility index (Phi) is 5.50. The molecule has 34 heavy (non-hydrogen) atoms. The summed E-state index contributed by atoms with van der Waals surface area (Å²) in [7, 11) is -3.63.